The van der Waals surface area contributed by atoms with Crippen LogP contribution in [0.25, 0.3) is 16.9 Å². The average Bonchev–Trinajstić information content (AvgIpc) is 3.19. The minimum absolute atomic E-state index is 0.182. The Balaban J connectivity index is 1.79. The first kappa shape index (κ1) is 21.0. The zero-order valence-corrected chi connectivity index (χ0v) is 17.9. The summed E-state index contributed by atoms with van der Waals surface area (Å²) in [4.78, 5) is 16.3. The summed E-state index contributed by atoms with van der Waals surface area (Å²) in [6.07, 6.45) is 6.68. The molecule has 8 nitrogen and oxygen atoms in total. The van der Waals surface area contributed by atoms with Crippen LogP contribution >= 0.6 is 0 Å². The van der Waals surface area contributed by atoms with Gasteiger partial charge in [0.25, 0.3) is 0 Å². The van der Waals surface area contributed by atoms with Gasteiger partial charge in [-0.3, -0.25) is 18.8 Å². The fourth-order valence-electron chi connectivity index (χ4n) is 3.47. The molecule has 0 fully saturated rings. The van der Waals surface area contributed by atoms with Crippen LogP contribution in [0.2, 0.25) is 0 Å². The maximum atomic E-state index is 12.4. The highest BCUT2D eigenvalue weighted by molar-refractivity contribution is 7.90. The van der Waals surface area contributed by atoms with E-state index in [0.29, 0.717) is 6.42 Å². The number of hydrogen-bond acceptors (Lipinski definition) is 5. The van der Waals surface area contributed by atoms with E-state index in [9.17, 15) is 13.2 Å². The molecule has 3 rings (SSSR count). The quantitative estimate of drug-likeness (QED) is 0.540. The smallest absolute Gasteiger partial charge is 0.235 e. The summed E-state index contributed by atoms with van der Waals surface area (Å²) in [5.74, 6) is 0.154. The number of aryl methyl sites for hydroxylation is 2. The molecule has 0 saturated carbocycles. The summed E-state index contributed by atoms with van der Waals surface area (Å²) in [7, 11) is -1.89. The summed E-state index contributed by atoms with van der Waals surface area (Å²) in [6.45, 7) is 3.89. The third kappa shape index (κ3) is 4.84. The van der Waals surface area contributed by atoms with Crippen molar-refractivity contribution in [3.63, 3.8) is 0 Å². The second-order valence-electron chi connectivity index (χ2n) is 7.16. The SMILES string of the molecule is CCCCCC(=O)NS(=O)(=O)CCc1c(C)nn(C)c1-n1ccc2cccnc21. The largest absolute Gasteiger partial charge is 0.285 e. The van der Waals surface area contributed by atoms with Gasteiger partial charge in [0.15, 0.2) is 0 Å². The Hall–Kier alpha value is -2.68. The minimum atomic E-state index is -3.71. The summed E-state index contributed by atoms with van der Waals surface area (Å²) < 4.78 is 30.6. The summed E-state index contributed by atoms with van der Waals surface area (Å²) in [5.41, 5.74) is 2.35. The van der Waals surface area contributed by atoms with Crippen molar-refractivity contribution in [1.82, 2.24) is 24.1 Å². The number of hydrogen-bond donors (Lipinski definition) is 1. The molecule has 0 unspecified atom stereocenters. The Labute approximate surface area is 171 Å². The maximum absolute atomic E-state index is 12.4. The van der Waals surface area contributed by atoms with E-state index in [1.165, 1.54) is 0 Å². The predicted octanol–water partition coefficient (Wildman–Crippen LogP) is 2.64. The molecule has 0 aliphatic carbocycles. The van der Waals surface area contributed by atoms with E-state index in [0.717, 1.165) is 41.0 Å². The van der Waals surface area contributed by atoms with Gasteiger partial charge in [0.1, 0.15) is 11.5 Å². The van der Waals surface area contributed by atoms with Crippen LogP contribution in [-0.2, 0) is 28.3 Å². The van der Waals surface area contributed by atoms with Crippen LogP contribution in [0, 0.1) is 6.92 Å². The minimum Gasteiger partial charge on any atom is -0.285 e. The molecule has 3 aromatic rings. The van der Waals surface area contributed by atoms with Crippen LogP contribution in [0.5, 0.6) is 0 Å². The van der Waals surface area contributed by atoms with Gasteiger partial charge in [0.2, 0.25) is 15.9 Å². The van der Waals surface area contributed by atoms with Gasteiger partial charge in [-0.25, -0.2) is 13.4 Å². The lowest BCUT2D eigenvalue weighted by atomic mass is 10.2. The molecule has 0 radical (unpaired) electrons. The molecule has 1 amide bonds. The zero-order chi connectivity index (χ0) is 21.0. The molecule has 0 aromatic carbocycles. The van der Waals surface area contributed by atoms with Crippen molar-refractivity contribution in [3.05, 3.63) is 41.9 Å². The molecule has 156 valence electrons. The zero-order valence-electron chi connectivity index (χ0n) is 17.1. The van der Waals surface area contributed by atoms with E-state index >= 15 is 0 Å². The van der Waals surface area contributed by atoms with E-state index in [1.54, 1.807) is 10.9 Å². The van der Waals surface area contributed by atoms with Gasteiger partial charge in [-0.1, -0.05) is 19.8 Å². The lowest BCUT2D eigenvalue weighted by molar-refractivity contribution is -0.119. The highest BCUT2D eigenvalue weighted by atomic mass is 32.2. The predicted molar refractivity (Wildman–Crippen MR) is 112 cm³/mol. The van der Waals surface area contributed by atoms with Gasteiger partial charge in [-0.15, -0.1) is 0 Å². The van der Waals surface area contributed by atoms with Crippen LogP contribution in [0.1, 0.15) is 43.9 Å². The van der Waals surface area contributed by atoms with Gasteiger partial charge in [0, 0.05) is 36.8 Å². The third-order valence-electron chi connectivity index (χ3n) is 4.89. The first-order valence-corrected chi connectivity index (χ1v) is 11.5. The first-order chi connectivity index (χ1) is 13.8. The van der Waals surface area contributed by atoms with Crippen LogP contribution in [0.15, 0.2) is 30.6 Å². The number of nitrogens with one attached hydrogen (secondary N) is 1. The molecule has 1 N–H and O–H groups in total. The Bertz CT molecular complexity index is 1110. The van der Waals surface area contributed by atoms with Crippen molar-refractivity contribution in [2.45, 2.75) is 46.0 Å². The molecule has 3 heterocycles. The number of sulfonamides is 1. The Morgan fingerprint density at radius 2 is 2.03 bits per heavy atom. The van der Waals surface area contributed by atoms with Crippen molar-refractivity contribution < 1.29 is 13.2 Å². The van der Waals surface area contributed by atoms with Crippen molar-refractivity contribution in [2.75, 3.05) is 5.75 Å². The molecule has 3 aromatic heterocycles. The molecule has 0 aliphatic rings. The molecule has 9 heteroatoms. The number of pyridine rings is 1. The van der Waals surface area contributed by atoms with Gasteiger partial charge in [0.05, 0.1) is 11.4 Å². The highest BCUT2D eigenvalue weighted by Gasteiger charge is 2.21. The molecule has 0 atom stereocenters. The number of unbranched alkanes of at least 4 members (excludes halogenated alkanes) is 2. The van der Waals surface area contributed by atoms with Gasteiger partial charge < -0.3 is 0 Å². The molecule has 29 heavy (non-hydrogen) atoms. The normalized spacial score (nSPS) is 11.8. The number of aromatic nitrogens is 4. The van der Waals surface area contributed by atoms with Crippen molar-refractivity contribution in [2.24, 2.45) is 7.05 Å². The number of carbonyl (C=O) groups excluding carboxylic acids is 1. The topological polar surface area (TPSA) is 98.9 Å². The summed E-state index contributed by atoms with van der Waals surface area (Å²) >= 11 is 0. The van der Waals surface area contributed by atoms with Crippen LogP contribution in [0.3, 0.4) is 0 Å². The van der Waals surface area contributed by atoms with Crippen LogP contribution in [-0.4, -0.2) is 39.4 Å². The van der Waals surface area contributed by atoms with Crippen LogP contribution in [0.4, 0.5) is 0 Å². The van der Waals surface area contributed by atoms with E-state index in [-0.39, 0.29) is 18.6 Å². The Morgan fingerprint density at radius 3 is 2.79 bits per heavy atom. The number of carbonyl (C=O) groups is 1. The molecular formula is C20H27N5O3S. The molecule has 0 bridgehead atoms. The lowest BCUT2D eigenvalue weighted by Crippen LogP contribution is -2.33. The van der Waals surface area contributed by atoms with Crippen molar-refractivity contribution in [1.29, 1.82) is 0 Å². The molecule has 0 spiro atoms. The maximum Gasteiger partial charge on any atom is 0.235 e. The second kappa shape index (κ2) is 8.77. The molecular weight excluding hydrogens is 390 g/mol. The number of fused-ring (bicyclic) bond motifs is 1. The monoisotopic (exact) mass is 417 g/mol. The van der Waals surface area contributed by atoms with Crippen LogP contribution < -0.4 is 4.72 Å². The number of amides is 1. The van der Waals surface area contributed by atoms with E-state index < -0.39 is 15.9 Å². The fraction of sp³-hybridized carbons (Fsp3) is 0.450. The van der Waals surface area contributed by atoms with E-state index in [2.05, 4.69) is 14.8 Å². The van der Waals surface area contributed by atoms with Gasteiger partial charge in [-0.2, -0.15) is 5.10 Å². The first-order valence-electron chi connectivity index (χ1n) is 9.80. The Kier molecular flexibility index (Phi) is 6.36. The number of nitrogens with zero attached hydrogens (tertiary/aromatic N) is 4. The standard InChI is InChI=1S/C20H27N5O3S/c1-4-5-6-9-18(26)23-29(27,28)14-11-17-15(2)22-24(3)20(17)25-13-10-16-8-7-12-21-19(16)25/h7-8,10,12-13H,4-6,9,11,14H2,1-3H3,(H,23,26). The molecule has 0 aliphatic heterocycles. The fourth-order valence-corrected chi connectivity index (χ4v) is 4.49. The summed E-state index contributed by atoms with van der Waals surface area (Å²) in [5, 5.41) is 5.46. The second-order valence-corrected chi connectivity index (χ2v) is 9.01. The van der Waals surface area contributed by atoms with E-state index in [4.69, 9.17) is 0 Å². The van der Waals surface area contributed by atoms with Crippen molar-refractivity contribution >= 4 is 27.0 Å². The average molecular weight is 418 g/mol. The Morgan fingerprint density at radius 1 is 1.24 bits per heavy atom. The van der Waals surface area contributed by atoms with Gasteiger partial charge >= 0.3 is 0 Å². The highest BCUT2D eigenvalue weighted by Crippen LogP contribution is 2.24. The summed E-state index contributed by atoms with van der Waals surface area (Å²) in [6, 6.07) is 5.81. The molecule has 0 saturated heterocycles. The van der Waals surface area contributed by atoms with E-state index in [1.807, 2.05) is 49.9 Å². The van der Waals surface area contributed by atoms with Crippen molar-refractivity contribution in [3.8, 4) is 5.82 Å². The van der Waals surface area contributed by atoms with Gasteiger partial charge in [-0.05, 0) is 38.0 Å². The lowest BCUT2D eigenvalue weighted by Gasteiger charge is -2.10. The number of rotatable bonds is 9. The third-order valence-corrected chi connectivity index (χ3v) is 6.17.